The number of anilines is 1. The van der Waals surface area contributed by atoms with Gasteiger partial charge in [0.05, 0.1) is 5.01 Å². The molecule has 2 heterocycles. The van der Waals surface area contributed by atoms with Crippen molar-refractivity contribution >= 4 is 23.1 Å². The maximum Gasteiger partial charge on any atom is 0.319 e. The van der Waals surface area contributed by atoms with Crippen LogP contribution in [0.4, 0.5) is 10.5 Å². The molecule has 0 aliphatic carbocycles. The zero-order valence-electron chi connectivity index (χ0n) is 12.7. The van der Waals surface area contributed by atoms with Gasteiger partial charge in [-0.2, -0.15) is 0 Å². The Morgan fingerprint density at radius 2 is 2.24 bits per heavy atom. The molecule has 0 aromatic carbocycles. The van der Waals surface area contributed by atoms with Crippen molar-refractivity contribution in [2.24, 2.45) is 0 Å². The molecule has 0 bridgehead atoms. The van der Waals surface area contributed by atoms with Crippen LogP contribution in [0.25, 0.3) is 0 Å². The van der Waals surface area contributed by atoms with E-state index in [9.17, 15) is 4.79 Å². The molecule has 2 aromatic heterocycles. The number of hydrogen-bond acceptors (Lipinski definition) is 5. The number of amides is 2. The Morgan fingerprint density at radius 1 is 1.48 bits per heavy atom. The van der Waals surface area contributed by atoms with E-state index in [0.717, 1.165) is 10.7 Å². The molecule has 2 rings (SSSR count). The lowest BCUT2D eigenvalue weighted by Crippen LogP contribution is -2.32. The van der Waals surface area contributed by atoms with Crippen LogP contribution in [0, 0.1) is 13.8 Å². The highest BCUT2D eigenvalue weighted by atomic mass is 32.1. The van der Waals surface area contributed by atoms with Gasteiger partial charge < -0.3 is 15.2 Å². The van der Waals surface area contributed by atoms with Crippen molar-refractivity contribution in [1.29, 1.82) is 0 Å². The first-order valence-corrected chi connectivity index (χ1v) is 7.81. The zero-order chi connectivity index (χ0) is 15.4. The zero-order valence-corrected chi connectivity index (χ0v) is 13.5. The van der Waals surface area contributed by atoms with E-state index >= 15 is 0 Å². The molecule has 0 aliphatic rings. The van der Waals surface area contributed by atoms with Crippen LogP contribution in [0.15, 0.2) is 9.90 Å². The SMILES string of the molecule is CCc1onc(C)c1NC(=O)NC[C@H](C)c1nc(C)cs1. The van der Waals surface area contributed by atoms with Crippen LogP contribution in [0.2, 0.25) is 0 Å². The van der Waals surface area contributed by atoms with Crippen molar-refractivity contribution in [3.05, 3.63) is 27.5 Å². The first-order valence-electron chi connectivity index (χ1n) is 6.93. The fraction of sp³-hybridized carbons (Fsp3) is 0.500. The lowest BCUT2D eigenvalue weighted by atomic mass is 10.2. The molecule has 0 fully saturated rings. The lowest BCUT2D eigenvalue weighted by molar-refractivity contribution is 0.251. The van der Waals surface area contributed by atoms with E-state index in [2.05, 4.69) is 20.8 Å². The van der Waals surface area contributed by atoms with Gasteiger partial charge in [-0.25, -0.2) is 9.78 Å². The molecular weight excluding hydrogens is 288 g/mol. The summed E-state index contributed by atoms with van der Waals surface area (Å²) in [5.74, 6) is 0.870. The van der Waals surface area contributed by atoms with Crippen molar-refractivity contribution in [2.75, 3.05) is 11.9 Å². The summed E-state index contributed by atoms with van der Waals surface area (Å²) in [7, 11) is 0. The van der Waals surface area contributed by atoms with E-state index < -0.39 is 0 Å². The molecule has 7 heteroatoms. The average molecular weight is 308 g/mol. The number of nitrogens with one attached hydrogen (secondary N) is 2. The first-order chi connectivity index (χ1) is 10.0. The quantitative estimate of drug-likeness (QED) is 0.888. The van der Waals surface area contributed by atoms with Gasteiger partial charge in [-0.1, -0.05) is 19.0 Å². The Labute approximate surface area is 127 Å². The fourth-order valence-corrected chi connectivity index (χ4v) is 2.76. The van der Waals surface area contributed by atoms with Crippen molar-refractivity contribution in [2.45, 2.75) is 40.0 Å². The van der Waals surface area contributed by atoms with Gasteiger partial charge in [0.1, 0.15) is 11.4 Å². The summed E-state index contributed by atoms with van der Waals surface area (Å²) >= 11 is 1.62. The van der Waals surface area contributed by atoms with Crippen molar-refractivity contribution in [3.8, 4) is 0 Å². The molecule has 2 N–H and O–H groups in total. The maximum absolute atomic E-state index is 12.0. The van der Waals surface area contributed by atoms with E-state index in [1.165, 1.54) is 0 Å². The van der Waals surface area contributed by atoms with E-state index in [0.29, 0.717) is 30.1 Å². The van der Waals surface area contributed by atoms with Crippen LogP contribution < -0.4 is 10.6 Å². The van der Waals surface area contributed by atoms with Gasteiger partial charge in [-0.05, 0) is 13.8 Å². The van der Waals surface area contributed by atoms with Gasteiger partial charge in [0.2, 0.25) is 0 Å². The summed E-state index contributed by atoms with van der Waals surface area (Å²) in [4.78, 5) is 16.4. The standard InChI is InChI=1S/C14H20N4O2S/c1-5-11-12(10(4)18-20-11)17-14(19)15-6-8(2)13-16-9(3)7-21-13/h7-8H,5-6H2,1-4H3,(H2,15,17,19)/t8-/m0/s1. The molecule has 0 saturated carbocycles. The third kappa shape index (κ3) is 3.81. The minimum absolute atomic E-state index is 0.184. The van der Waals surface area contributed by atoms with Crippen LogP contribution in [-0.4, -0.2) is 22.7 Å². The monoisotopic (exact) mass is 308 g/mol. The summed E-state index contributed by atoms with van der Waals surface area (Å²) < 4.78 is 5.14. The van der Waals surface area contributed by atoms with Gasteiger partial charge in [0.15, 0.2) is 5.76 Å². The van der Waals surface area contributed by atoms with Crippen LogP contribution in [0.5, 0.6) is 0 Å². The lowest BCUT2D eigenvalue weighted by Gasteiger charge is -2.11. The summed E-state index contributed by atoms with van der Waals surface area (Å²) in [6, 6.07) is -0.254. The smallest absolute Gasteiger partial charge is 0.319 e. The number of carbonyl (C=O) groups is 1. The molecule has 0 saturated heterocycles. The molecule has 21 heavy (non-hydrogen) atoms. The average Bonchev–Trinajstić information content (AvgIpc) is 3.03. The molecule has 2 aromatic rings. The van der Waals surface area contributed by atoms with Crippen molar-refractivity contribution < 1.29 is 9.32 Å². The number of carbonyl (C=O) groups excluding carboxylic acids is 1. The number of thiazole rings is 1. The second kappa shape index (κ2) is 6.71. The van der Waals surface area contributed by atoms with Crippen LogP contribution in [0.1, 0.15) is 41.9 Å². The molecule has 114 valence electrons. The molecule has 1 atom stereocenters. The van der Waals surface area contributed by atoms with Gasteiger partial charge in [-0.15, -0.1) is 11.3 Å². The second-order valence-corrected chi connectivity index (χ2v) is 5.87. The minimum atomic E-state index is -0.254. The van der Waals surface area contributed by atoms with Crippen LogP contribution >= 0.6 is 11.3 Å². The highest BCUT2D eigenvalue weighted by molar-refractivity contribution is 7.09. The van der Waals surface area contributed by atoms with E-state index in [-0.39, 0.29) is 11.9 Å². The topological polar surface area (TPSA) is 80.0 Å². The summed E-state index contributed by atoms with van der Waals surface area (Å²) in [5.41, 5.74) is 2.36. The van der Waals surface area contributed by atoms with Gasteiger partial charge in [0.25, 0.3) is 0 Å². The van der Waals surface area contributed by atoms with Crippen molar-refractivity contribution in [3.63, 3.8) is 0 Å². The molecule has 6 nitrogen and oxygen atoms in total. The second-order valence-electron chi connectivity index (χ2n) is 4.98. The van der Waals surface area contributed by atoms with E-state index in [4.69, 9.17) is 4.52 Å². The van der Waals surface area contributed by atoms with E-state index in [1.807, 2.05) is 26.2 Å². The Bertz CT molecular complexity index is 620. The summed E-state index contributed by atoms with van der Waals surface area (Å²) in [6.45, 7) is 8.30. The fourth-order valence-electron chi connectivity index (χ4n) is 1.91. The minimum Gasteiger partial charge on any atom is -0.359 e. The predicted octanol–water partition coefficient (Wildman–Crippen LogP) is 3.24. The van der Waals surface area contributed by atoms with Crippen LogP contribution in [-0.2, 0) is 6.42 Å². The first kappa shape index (κ1) is 15.5. The molecule has 2 amide bonds. The van der Waals surface area contributed by atoms with Gasteiger partial charge in [0, 0.05) is 30.0 Å². The van der Waals surface area contributed by atoms with Crippen LogP contribution in [0.3, 0.4) is 0 Å². The normalized spacial score (nSPS) is 12.2. The van der Waals surface area contributed by atoms with E-state index in [1.54, 1.807) is 18.3 Å². The Kier molecular flexibility index (Phi) is 4.95. The van der Waals surface area contributed by atoms with Crippen molar-refractivity contribution in [1.82, 2.24) is 15.5 Å². The molecule has 0 spiro atoms. The number of urea groups is 1. The largest absolute Gasteiger partial charge is 0.359 e. The van der Waals surface area contributed by atoms with Gasteiger partial charge in [-0.3, -0.25) is 0 Å². The van der Waals surface area contributed by atoms with Gasteiger partial charge >= 0.3 is 6.03 Å². The Balaban J connectivity index is 1.89. The Morgan fingerprint density at radius 3 is 2.86 bits per heavy atom. The molecular formula is C14H20N4O2S. The predicted molar refractivity (Wildman–Crippen MR) is 82.9 cm³/mol. The Hall–Kier alpha value is -1.89. The number of rotatable bonds is 5. The molecule has 0 unspecified atom stereocenters. The summed E-state index contributed by atoms with van der Waals surface area (Å²) in [5, 5.41) is 12.6. The maximum atomic E-state index is 12.0. The summed E-state index contributed by atoms with van der Waals surface area (Å²) in [6.07, 6.45) is 0.686. The number of aromatic nitrogens is 2. The number of hydrogen-bond donors (Lipinski definition) is 2. The third-order valence-electron chi connectivity index (χ3n) is 3.12. The highest BCUT2D eigenvalue weighted by Gasteiger charge is 2.15. The molecule has 0 radical (unpaired) electrons. The number of nitrogens with zero attached hydrogens (tertiary/aromatic N) is 2. The molecule has 0 aliphatic heterocycles. The number of aryl methyl sites for hydroxylation is 3. The highest BCUT2D eigenvalue weighted by Crippen LogP contribution is 2.21. The third-order valence-corrected chi connectivity index (χ3v) is 4.31.